The van der Waals surface area contributed by atoms with Crippen LogP contribution >= 0.6 is 0 Å². The van der Waals surface area contributed by atoms with E-state index in [0.29, 0.717) is 73.0 Å². The largest absolute Gasteiger partial charge is 0.458 e. The fourth-order valence-electron chi connectivity index (χ4n) is 18.3. The van der Waals surface area contributed by atoms with Crippen LogP contribution in [0.5, 0.6) is 0 Å². The van der Waals surface area contributed by atoms with E-state index in [9.17, 15) is 57.2 Å². The Morgan fingerprint density at radius 1 is 0.388 bits per heavy atom. The van der Waals surface area contributed by atoms with Crippen molar-refractivity contribution in [2.75, 3.05) is 26.1 Å². The van der Waals surface area contributed by atoms with Crippen LogP contribution in [0, 0.1) is 23.3 Å². The zero-order chi connectivity index (χ0) is 95.2. The number of pyridine rings is 4. The second-order valence-corrected chi connectivity index (χ2v) is 38.3. The average Bonchev–Trinajstić information content (AvgIpc) is 1.35. The molecule has 11 aromatic rings. The fourth-order valence-corrected chi connectivity index (χ4v) is 18.3. The highest BCUT2D eigenvalue weighted by molar-refractivity contribution is 6.03. The van der Waals surface area contributed by atoms with Crippen molar-refractivity contribution >= 4 is 86.7 Å². The van der Waals surface area contributed by atoms with Crippen LogP contribution in [0.2, 0.25) is 0 Å². The van der Waals surface area contributed by atoms with Crippen LogP contribution in [0.15, 0.2) is 170 Å². The Kier molecular flexibility index (Phi) is 30.5. The summed E-state index contributed by atoms with van der Waals surface area (Å²) in [6.07, 6.45) is 18.6. The van der Waals surface area contributed by atoms with Gasteiger partial charge in [0.1, 0.15) is 53.5 Å². The van der Waals surface area contributed by atoms with Gasteiger partial charge in [-0.15, -0.1) is 0 Å². The van der Waals surface area contributed by atoms with E-state index in [-0.39, 0.29) is 84.6 Å². The molecule has 4 aliphatic heterocycles. The summed E-state index contributed by atoms with van der Waals surface area (Å²) in [5.41, 5.74) is 22.8. The first-order valence-corrected chi connectivity index (χ1v) is 47.2. The molecule has 3 saturated carbocycles. The zero-order valence-corrected chi connectivity index (χ0v) is 78.5. The van der Waals surface area contributed by atoms with Gasteiger partial charge in [-0.2, -0.15) is 0 Å². The third-order valence-electron chi connectivity index (χ3n) is 25.7. The number of methoxy groups -OCH3 is 1. The highest BCUT2D eigenvalue weighted by atomic mass is 19.1. The van der Waals surface area contributed by atoms with Crippen LogP contribution in [0.3, 0.4) is 0 Å². The number of ether oxygens (including phenoxy) is 5. The van der Waals surface area contributed by atoms with Gasteiger partial charge < -0.3 is 49.0 Å². The normalized spacial score (nSPS) is 20.5. The molecule has 3 aliphatic carbocycles. The average molecular weight is 1820 g/mol. The van der Waals surface area contributed by atoms with Crippen LogP contribution in [-0.2, 0) is 49.5 Å². The van der Waals surface area contributed by atoms with Crippen LogP contribution in [0.1, 0.15) is 279 Å². The van der Waals surface area contributed by atoms with E-state index in [1.807, 2.05) is 144 Å². The first-order chi connectivity index (χ1) is 64.2. The maximum absolute atomic E-state index is 14.6. The zero-order valence-electron chi connectivity index (χ0n) is 78.5. The van der Waals surface area contributed by atoms with E-state index < -0.39 is 54.8 Å². The van der Waals surface area contributed by atoms with Gasteiger partial charge in [-0.1, -0.05) is 166 Å². The number of rotatable bonds is 23. The van der Waals surface area contributed by atoms with E-state index in [4.69, 9.17) is 43.6 Å². The summed E-state index contributed by atoms with van der Waals surface area (Å²) in [6, 6.07) is 44.5. The Bertz CT molecular complexity index is 6310. The number of aromatic nitrogens is 4. The van der Waals surface area contributed by atoms with E-state index >= 15 is 0 Å². The minimum Gasteiger partial charge on any atom is -0.458 e. The summed E-state index contributed by atoms with van der Waals surface area (Å²) >= 11 is 0. The molecule has 0 radical (unpaired) electrons. The second kappa shape index (κ2) is 42.3. The maximum Gasteiger partial charge on any atom is 0.309 e. The number of hydrogen-bond acceptors (Lipinski definition) is 18. The summed E-state index contributed by atoms with van der Waals surface area (Å²) in [7, 11) is 5.53. The number of carbonyl (C=O) groups excluding carboxylic acids is 4. The number of esters is 4. The Labute approximate surface area is 781 Å². The number of benzene rings is 7. The van der Waals surface area contributed by atoms with Crippen molar-refractivity contribution in [3.8, 4) is 44.5 Å². The molecule has 7 aliphatic rings. The van der Waals surface area contributed by atoms with Gasteiger partial charge in [-0.05, 0) is 215 Å². The molecule has 0 spiro atoms. The predicted octanol–water partition coefficient (Wildman–Crippen LogP) is 23.8. The van der Waals surface area contributed by atoms with Gasteiger partial charge in [0.15, 0.2) is 0 Å². The molecule has 18 nitrogen and oxygen atoms in total. The Morgan fingerprint density at radius 2 is 0.746 bits per heavy atom. The Morgan fingerprint density at radius 3 is 1.13 bits per heavy atom. The highest BCUT2D eigenvalue weighted by Gasteiger charge is 2.37. The monoisotopic (exact) mass is 1820 g/mol. The first kappa shape index (κ1) is 96.6. The minimum absolute atomic E-state index is 0.0114. The third-order valence-corrected chi connectivity index (χ3v) is 25.7. The molecule has 4 N–H and O–H groups in total. The molecule has 134 heavy (non-hydrogen) atoms. The minimum atomic E-state index is -0.723. The van der Waals surface area contributed by atoms with Crippen LogP contribution in [0.25, 0.3) is 102 Å². The number of carbonyl (C=O) groups is 4. The summed E-state index contributed by atoms with van der Waals surface area (Å²) in [6.45, 7) is 21.1. The lowest BCUT2D eigenvalue weighted by Gasteiger charge is -2.26. The van der Waals surface area contributed by atoms with Gasteiger partial charge in [0.05, 0.1) is 96.0 Å². The highest BCUT2D eigenvalue weighted by Crippen LogP contribution is 2.51. The lowest BCUT2D eigenvalue weighted by molar-refractivity contribution is -0.157. The van der Waals surface area contributed by atoms with E-state index in [0.717, 1.165) is 172 Å². The molecule has 0 bridgehead atoms. The number of anilines is 1. The van der Waals surface area contributed by atoms with Crippen molar-refractivity contribution in [3.05, 3.63) is 266 Å². The topological polar surface area (TPSA) is 250 Å². The summed E-state index contributed by atoms with van der Waals surface area (Å²) in [5, 5.41) is 43.1. The molecule has 7 aromatic carbocycles. The van der Waals surface area contributed by atoms with Crippen LogP contribution in [-0.4, -0.2) is 134 Å². The summed E-state index contributed by atoms with van der Waals surface area (Å²) in [4.78, 5) is 69.4. The van der Waals surface area contributed by atoms with Crippen molar-refractivity contribution in [3.63, 3.8) is 0 Å². The van der Waals surface area contributed by atoms with E-state index in [1.54, 1.807) is 31.4 Å². The molecule has 4 aromatic heterocycles. The number of fused-ring (bicyclic) bond motifs is 3. The number of para-hydroxylation sites is 1. The summed E-state index contributed by atoms with van der Waals surface area (Å²) < 4.78 is 84.0. The van der Waals surface area contributed by atoms with Crippen molar-refractivity contribution < 1.29 is 80.9 Å². The molecule has 8 heterocycles. The Hall–Kier alpha value is -11.9. The summed E-state index contributed by atoms with van der Waals surface area (Å²) in [5.74, 6) is 0.309. The molecule has 7 fully saturated rings. The molecular weight excluding hydrogens is 1700 g/mol. The van der Waals surface area contributed by atoms with Crippen molar-refractivity contribution in [1.82, 2.24) is 19.9 Å². The van der Waals surface area contributed by atoms with Gasteiger partial charge in [0.2, 0.25) is 0 Å². The smallest absolute Gasteiger partial charge is 0.309 e. The SMILES string of the molecule is CC(C)c1cc(-c2c(/C=C/C3CC(O)CC(=O)O3)c(C3CC3)nc3ccccc23)ccc1F.CC(C)c1ccc2c(-c3ccc(F)cc3)c(/C=C/C3CC(O)CC(=O)O3)c(C3CC3)nc2c1.CC(C)c1ccc2nc(C3CC3)c(/C=C/C3CC(O)CC(=O)O3)c(-c3ccc(F)cc3)c2c1.COCc1c(N(C)C)nc(C(C)C)c(/C=C/C2CC(O)CC(=O)O2)c1-c1ccc(F)c(C(C)C)c1. The number of halogens is 4. The number of aliphatic hydroxyl groups is 4. The van der Waals surface area contributed by atoms with Gasteiger partial charge in [0.25, 0.3) is 0 Å². The van der Waals surface area contributed by atoms with Gasteiger partial charge in [-0.3, -0.25) is 34.1 Å². The van der Waals surface area contributed by atoms with Crippen molar-refractivity contribution in [1.29, 1.82) is 0 Å². The molecule has 0 amide bonds. The quantitative estimate of drug-likeness (QED) is 0.0264. The van der Waals surface area contributed by atoms with Gasteiger partial charge in [-0.25, -0.2) is 22.5 Å². The lowest BCUT2D eigenvalue weighted by atomic mass is 9.88. The van der Waals surface area contributed by atoms with Gasteiger partial charge in [0, 0.05) is 125 Å². The number of nitrogens with zero attached hydrogens (tertiary/aromatic N) is 5. The predicted molar refractivity (Wildman–Crippen MR) is 519 cm³/mol. The standard InChI is InChI=1S/C28H37FN2O4.3C28H28FNO3/c1-16(2)22-12-18(8-11-24(22)29)26-21(10-9-20-13-19(32)14-25(33)35-20)27(17(3)4)30-28(31(5)6)23(26)15-34-7;1-16(2)19-7-12-25-24(13-19)27(17-5-8-20(29)9-6-17)23(28(30-25)18-3-4-18)11-10-22-14-21(31)15-26(32)33-22;1-16(2)19-7-11-23-25(13-19)30-28(18-3-4-18)24(27(23)17-5-8-20(29)9-6-17)12-10-22-14-21(31)15-26(32)33-22;1-16(2)23-13-18(9-12-24(23)29)27-21-5-3-4-6-25(21)30-28(17-7-8-17)22(27)11-10-20-14-19(31)15-26(32)33-20/h8-12,16-17,19-20,32H,13-15H2,1-7H3;2*5-13,16,18,21-22,31H,3-4,14-15H2,1-2H3;3-6,9-13,16-17,19-20,31H,7-8,14-15H2,1-2H3/b10-9+;11-10+;12-10+;11-10+. The first-order valence-electron chi connectivity index (χ1n) is 47.2. The second-order valence-electron chi connectivity index (χ2n) is 38.3. The maximum atomic E-state index is 14.6. The molecule has 4 saturated heterocycles. The van der Waals surface area contributed by atoms with Crippen LogP contribution < -0.4 is 4.90 Å². The Balaban J connectivity index is 0.000000136. The fraction of sp³-hybridized carbons (Fsp3) is 0.393. The molecule has 22 heteroatoms. The lowest BCUT2D eigenvalue weighted by Crippen LogP contribution is -2.31. The van der Waals surface area contributed by atoms with Crippen molar-refractivity contribution in [2.45, 2.75) is 262 Å². The van der Waals surface area contributed by atoms with Crippen LogP contribution in [0.4, 0.5) is 23.4 Å². The van der Waals surface area contributed by atoms with E-state index in [1.165, 1.54) is 41.5 Å². The number of aliphatic hydroxyl groups excluding tert-OH is 4. The molecular formula is C112H121F4N5O13. The van der Waals surface area contributed by atoms with E-state index in [2.05, 4.69) is 84.0 Å². The molecule has 8 unspecified atom stereocenters. The molecule has 8 atom stereocenters. The molecule has 18 rings (SSSR count). The molecule has 700 valence electrons. The van der Waals surface area contributed by atoms with Crippen molar-refractivity contribution in [2.24, 2.45) is 0 Å². The number of hydrogen-bond donors (Lipinski definition) is 4. The number of cyclic esters (lactones) is 4. The van der Waals surface area contributed by atoms with Gasteiger partial charge >= 0.3 is 23.9 Å². The third kappa shape index (κ3) is 23.2.